The standard InChI is InChI=1S/C16H15N3O2/c1-3-11-14(8-9-17-15(11)10(2)20)21-16-18-12-6-4-5-7-13(12)19-16/h4-9H,3H2,1-2H3,(H,18,19). The Hall–Kier alpha value is -2.69. The Morgan fingerprint density at radius 3 is 2.81 bits per heavy atom. The lowest BCUT2D eigenvalue weighted by molar-refractivity contribution is 0.101. The molecule has 2 heterocycles. The number of para-hydroxylation sites is 2. The van der Waals surface area contributed by atoms with Gasteiger partial charge in [-0.3, -0.25) is 9.78 Å². The molecule has 0 unspecified atom stereocenters. The maximum Gasteiger partial charge on any atom is 0.300 e. The maximum absolute atomic E-state index is 11.6. The van der Waals surface area contributed by atoms with E-state index in [1.54, 1.807) is 12.3 Å². The smallest absolute Gasteiger partial charge is 0.300 e. The molecule has 0 amide bonds. The zero-order chi connectivity index (χ0) is 14.8. The average Bonchev–Trinajstić information content (AvgIpc) is 2.89. The molecule has 21 heavy (non-hydrogen) atoms. The highest BCUT2D eigenvalue weighted by Gasteiger charge is 2.14. The molecule has 1 N–H and O–H groups in total. The lowest BCUT2D eigenvalue weighted by atomic mass is 10.1. The van der Waals surface area contributed by atoms with Gasteiger partial charge >= 0.3 is 0 Å². The van der Waals surface area contributed by atoms with Gasteiger partial charge in [-0.15, -0.1) is 0 Å². The molecule has 3 aromatic rings. The number of hydrogen-bond acceptors (Lipinski definition) is 4. The van der Waals surface area contributed by atoms with E-state index in [1.165, 1.54) is 6.92 Å². The van der Waals surface area contributed by atoms with E-state index >= 15 is 0 Å². The van der Waals surface area contributed by atoms with Crippen molar-refractivity contribution in [3.05, 3.63) is 47.8 Å². The third kappa shape index (κ3) is 2.50. The van der Waals surface area contributed by atoms with Crippen molar-refractivity contribution in [1.29, 1.82) is 0 Å². The van der Waals surface area contributed by atoms with Crippen LogP contribution >= 0.6 is 0 Å². The summed E-state index contributed by atoms with van der Waals surface area (Å²) in [7, 11) is 0. The van der Waals surface area contributed by atoms with Crippen LogP contribution in [0.5, 0.6) is 11.8 Å². The summed E-state index contributed by atoms with van der Waals surface area (Å²) in [6.07, 6.45) is 2.24. The molecule has 0 saturated carbocycles. The van der Waals surface area contributed by atoms with Crippen LogP contribution in [0.3, 0.4) is 0 Å². The molecule has 0 atom stereocenters. The van der Waals surface area contributed by atoms with Crippen molar-refractivity contribution < 1.29 is 9.53 Å². The SMILES string of the molecule is CCc1c(Oc2nc3ccccc3[nH]2)ccnc1C(C)=O. The van der Waals surface area contributed by atoms with Gasteiger partial charge in [0.1, 0.15) is 11.4 Å². The van der Waals surface area contributed by atoms with E-state index in [2.05, 4.69) is 15.0 Å². The summed E-state index contributed by atoms with van der Waals surface area (Å²) < 4.78 is 5.82. The van der Waals surface area contributed by atoms with Crippen LogP contribution in [0, 0.1) is 0 Å². The van der Waals surface area contributed by atoms with Gasteiger partial charge in [-0.25, -0.2) is 0 Å². The monoisotopic (exact) mass is 281 g/mol. The van der Waals surface area contributed by atoms with Crippen LogP contribution in [0.25, 0.3) is 11.0 Å². The number of rotatable bonds is 4. The number of aromatic nitrogens is 3. The zero-order valence-corrected chi connectivity index (χ0v) is 11.9. The minimum Gasteiger partial charge on any atom is -0.425 e. The van der Waals surface area contributed by atoms with Crippen LogP contribution < -0.4 is 4.74 Å². The van der Waals surface area contributed by atoms with Gasteiger partial charge in [0, 0.05) is 18.7 Å². The summed E-state index contributed by atoms with van der Waals surface area (Å²) in [5.74, 6) is 0.540. The molecule has 0 aliphatic carbocycles. The Bertz CT molecular complexity index is 775. The average molecular weight is 281 g/mol. The molecule has 3 rings (SSSR count). The highest BCUT2D eigenvalue weighted by Crippen LogP contribution is 2.27. The van der Waals surface area contributed by atoms with Crippen molar-refractivity contribution in [3.63, 3.8) is 0 Å². The van der Waals surface area contributed by atoms with E-state index in [-0.39, 0.29) is 5.78 Å². The number of carbonyl (C=O) groups excluding carboxylic acids is 1. The summed E-state index contributed by atoms with van der Waals surface area (Å²) in [6, 6.07) is 9.86. The minimum atomic E-state index is -0.0677. The Morgan fingerprint density at radius 2 is 2.10 bits per heavy atom. The second-order valence-corrected chi connectivity index (χ2v) is 4.71. The Morgan fingerprint density at radius 1 is 1.29 bits per heavy atom. The zero-order valence-electron chi connectivity index (χ0n) is 11.9. The van der Waals surface area contributed by atoms with Crippen LogP contribution in [-0.4, -0.2) is 20.7 Å². The summed E-state index contributed by atoms with van der Waals surface area (Å²) in [6.45, 7) is 3.47. The van der Waals surface area contributed by atoms with E-state index in [0.717, 1.165) is 16.6 Å². The predicted molar refractivity (Wildman–Crippen MR) is 79.8 cm³/mol. The molecule has 0 aliphatic heterocycles. The fraction of sp³-hybridized carbons (Fsp3) is 0.188. The third-order valence-corrected chi connectivity index (χ3v) is 3.27. The number of imidazole rings is 1. The molecule has 0 bridgehead atoms. The molecule has 0 aliphatic rings. The van der Waals surface area contributed by atoms with Gasteiger partial charge in [0.05, 0.1) is 11.0 Å². The first-order valence-electron chi connectivity index (χ1n) is 6.80. The van der Waals surface area contributed by atoms with Crippen LogP contribution in [-0.2, 0) is 6.42 Å². The molecule has 1 aromatic carbocycles. The number of ether oxygens (including phenoxy) is 1. The molecule has 5 heteroatoms. The summed E-state index contributed by atoms with van der Waals surface area (Å²) in [5.41, 5.74) is 2.99. The normalized spacial score (nSPS) is 10.8. The van der Waals surface area contributed by atoms with Crippen molar-refractivity contribution in [1.82, 2.24) is 15.0 Å². The number of fused-ring (bicyclic) bond motifs is 1. The number of benzene rings is 1. The Balaban J connectivity index is 2.01. The van der Waals surface area contributed by atoms with Crippen LogP contribution in [0.4, 0.5) is 0 Å². The quantitative estimate of drug-likeness (QED) is 0.743. The number of pyridine rings is 1. The molecular weight excluding hydrogens is 266 g/mol. The van der Waals surface area contributed by atoms with Gasteiger partial charge in [-0.1, -0.05) is 19.1 Å². The van der Waals surface area contributed by atoms with Gasteiger partial charge in [-0.05, 0) is 24.6 Å². The number of nitrogens with zero attached hydrogens (tertiary/aromatic N) is 2. The first kappa shape index (κ1) is 13.3. The van der Waals surface area contributed by atoms with Crippen molar-refractivity contribution in [2.75, 3.05) is 0 Å². The molecule has 0 radical (unpaired) electrons. The molecule has 2 aromatic heterocycles. The van der Waals surface area contributed by atoms with E-state index in [0.29, 0.717) is 23.9 Å². The largest absolute Gasteiger partial charge is 0.425 e. The highest BCUT2D eigenvalue weighted by atomic mass is 16.5. The molecule has 0 spiro atoms. The number of carbonyl (C=O) groups is 1. The topological polar surface area (TPSA) is 67.9 Å². The van der Waals surface area contributed by atoms with Gasteiger partial charge < -0.3 is 9.72 Å². The Kier molecular flexibility index (Phi) is 3.39. The van der Waals surface area contributed by atoms with E-state index < -0.39 is 0 Å². The van der Waals surface area contributed by atoms with Gasteiger partial charge in [0.15, 0.2) is 5.78 Å². The molecular formula is C16H15N3O2. The second kappa shape index (κ2) is 5.36. The molecule has 0 fully saturated rings. The number of aromatic amines is 1. The number of nitrogens with one attached hydrogen (secondary N) is 1. The number of ketones is 1. The summed E-state index contributed by atoms with van der Waals surface area (Å²) in [4.78, 5) is 23.2. The second-order valence-electron chi connectivity index (χ2n) is 4.71. The highest BCUT2D eigenvalue weighted by molar-refractivity contribution is 5.94. The van der Waals surface area contributed by atoms with E-state index in [1.807, 2.05) is 31.2 Å². The lowest BCUT2D eigenvalue weighted by Crippen LogP contribution is -2.04. The Labute approximate surface area is 122 Å². The van der Waals surface area contributed by atoms with E-state index in [9.17, 15) is 4.79 Å². The van der Waals surface area contributed by atoms with E-state index in [4.69, 9.17) is 4.74 Å². The first-order valence-corrected chi connectivity index (χ1v) is 6.80. The number of H-pyrrole nitrogens is 1. The van der Waals surface area contributed by atoms with Crippen molar-refractivity contribution >= 4 is 16.8 Å². The first-order chi connectivity index (χ1) is 10.2. The summed E-state index contributed by atoms with van der Waals surface area (Å²) >= 11 is 0. The van der Waals surface area contributed by atoms with Gasteiger partial charge in [0.25, 0.3) is 6.01 Å². The molecule has 5 nitrogen and oxygen atoms in total. The van der Waals surface area contributed by atoms with Gasteiger partial charge in [-0.2, -0.15) is 4.98 Å². The van der Waals surface area contributed by atoms with Crippen LogP contribution in [0.2, 0.25) is 0 Å². The number of Topliss-reactive ketones (excluding diaryl/α,β-unsaturated/α-hetero) is 1. The fourth-order valence-electron chi connectivity index (χ4n) is 2.30. The fourth-order valence-corrected chi connectivity index (χ4v) is 2.30. The predicted octanol–water partition coefficient (Wildman–Crippen LogP) is 3.52. The minimum absolute atomic E-state index is 0.0677. The summed E-state index contributed by atoms with van der Waals surface area (Å²) in [5, 5.41) is 0. The maximum atomic E-state index is 11.6. The van der Waals surface area contributed by atoms with Crippen LogP contribution in [0.1, 0.15) is 29.9 Å². The van der Waals surface area contributed by atoms with Crippen molar-refractivity contribution in [2.24, 2.45) is 0 Å². The third-order valence-electron chi connectivity index (χ3n) is 3.27. The van der Waals surface area contributed by atoms with Crippen LogP contribution in [0.15, 0.2) is 36.5 Å². The molecule has 0 saturated heterocycles. The molecule has 106 valence electrons. The lowest BCUT2D eigenvalue weighted by Gasteiger charge is -2.10. The van der Waals surface area contributed by atoms with Crippen molar-refractivity contribution in [2.45, 2.75) is 20.3 Å². The van der Waals surface area contributed by atoms with Gasteiger partial charge in [0.2, 0.25) is 0 Å². The van der Waals surface area contributed by atoms with Crippen molar-refractivity contribution in [3.8, 4) is 11.8 Å². The number of hydrogen-bond donors (Lipinski definition) is 1.